The summed E-state index contributed by atoms with van der Waals surface area (Å²) in [5, 5.41) is 43.1. The molecule has 0 heterocycles. The summed E-state index contributed by atoms with van der Waals surface area (Å²) in [6.45, 7) is 17.1. The van der Waals surface area contributed by atoms with Crippen LogP contribution >= 0.6 is 0 Å². The van der Waals surface area contributed by atoms with Gasteiger partial charge >= 0.3 is 17.9 Å². The first kappa shape index (κ1) is 51.2. The summed E-state index contributed by atoms with van der Waals surface area (Å²) in [4.78, 5) is 115. The highest BCUT2D eigenvalue weighted by Crippen LogP contribution is 2.13. The Hall–Kier alpha value is -4.81. The molecule has 0 unspecified atom stereocenters. The van der Waals surface area contributed by atoms with Crippen LogP contribution in [0.3, 0.4) is 0 Å². The van der Waals surface area contributed by atoms with E-state index in [0.29, 0.717) is 0 Å². The van der Waals surface area contributed by atoms with E-state index in [4.69, 9.17) is 10.8 Å². The van der Waals surface area contributed by atoms with Crippen molar-refractivity contribution in [2.75, 3.05) is 0 Å². The van der Waals surface area contributed by atoms with E-state index < -0.39 is 114 Å². The summed E-state index contributed by atoms with van der Waals surface area (Å²) >= 11 is 0. The third-order valence-corrected chi connectivity index (χ3v) is 8.52. The molecule has 0 radical (unpaired) electrons. The zero-order valence-electron chi connectivity index (χ0n) is 34.3. The van der Waals surface area contributed by atoms with Gasteiger partial charge in [0.25, 0.3) is 0 Å². The van der Waals surface area contributed by atoms with Crippen molar-refractivity contribution in [3.8, 4) is 0 Å². The number of carboxylic acids is 3. The van der Waals surface area contributed by atoms with Crippen molar-refractivity contribution in [1.29, 1.82) is 0 Å². The van der Waals surface area contributed by atoms with Gasteiger partial charge in [0.05, 0.1) is 12.5 Å². The van der Waals surface area contributed by atoms with Crippen molar-refractivity contribution in [2.24, 2.45) is 35.3 Å². The molecule has 0 spiro atoms. The van der Waals surface area contributed by atoms with E-state index in [1.807, 2.05) is 0 Å². The third kappa shape index (κ3) is 19.7. The second-order valence-electron chi connectivity index (χ2n) is 16.1. The van der Waals surface area contributed by atoms with Crippen LogP contribution in [0.2, 0.25) is 0 Å². The zero-order chi connectivity index (χ0) is 43.6. The average Bonchev–Trinajstić information content (AvgIpc) is 3.05. The van der Waals surface area contributed by atoms with Gasteiger partial charge in [0.2, 0.25) is 35.4 Å². The van der Waals surface area contributed by atoms with Gasteiger partial charge in [-0.15, -0.1) is 0 Å². The largest absolute Gasteiger partial charge is 0.481 e. The lowest BCUT2D eigenvalue weighted by molar-refractivity contribution is -0.144. The number of carbonyl (C=O) groups is 9. The van der Waals surface area contributed by atoms with E-state index in [0.717, 1.165) is 0 Å². The normalized spacial score (nSPS) is 15.2. The van der Waals surface area contributed by atoms with Crippen molar-refractivity contribution in [3.63, 3.8) is 0 Å². The summed E-state index contributed by atoms with van der Waals surface area (Å²) in [5.74, 6) is -10.4. The van der Waals surface area contributed by atoms with E-state index in [1.54, 1.807) is 69.2 Å². The maximum Gasteiger partial charge on any atom is 0.326 e. The van der Waals surface area contributed by atoms with Gasteiger partial charge in [0.1, 0.15) is 36.3 Å². The second-order valence-corrected chi connectivity index (χ2v) is 16.1. The molecule has 0 aliphatic rings. The van der Waals surface area contributed by atoms with Gasteiger partial charge in [-0.25, -0.2) is 4.79 Å². The maximum absolute atomic E-state index is 13.8. The van der Waals surface area contributed by atoms with Crippen LogP contribution in [0, 0.1) is 29.6 Å². The number of carbonyl (C=O) groups excluding carboxylic acids is 6. The average molecular weight is 800 g/mol. The number of amides is 6. The fourth-order valence-corrected chi connectivity index (χ4v) is 5.54. The molecule has 0 aromatic carbocycles. The van der Waals surface area contributed by atoms with Gasteiger partial charge in [0, 0.05) is 6.42 Å². The molecule has 0 saturated heterocycles. The lowest BCUT2D eigenvalue weighted by Crippen LogP contribution is -2.60. The standard InChI is InChI=1S/C37H65N7O12/c1-17(2)13-23(39-33(51)24(14-18(3)4)42-36(54)29(20(7)8)43-31(49)22(38)11-12-27(45)46)32(50)41-26(16-28(47)48)34(52)40-25(15-19(5)6)35(53)44-30(21(9)10)37(55)56/h17-26,29-30H,11-16,38H2,1-10H3,(H,39,51)(H,40,52)(H,41,50)(H,42,54)(H,43,49)(H,44,53)(H,45,46)(H,47,48)(H,55,56)/t22-,23-,24-,25-,26-,29-,30-/m0/s1. The van der Waals surface area contributed by atoms with Gasteiger partial charge in [-0.3, -0.25) is 38.4 Å². The summed E-state index contributed by atoms with van der Waals surface area (Å²) in [6.07, 6.45) is -1.23. The molecular formula is C37H65N7O12. The fraction of sp³-hybridized carbons (Fsp3) is 0.757. The molecule has 11 N–H and O–H groups in total. The molecule has 0 aromatic heterocycles. The molecule has 0 saturated carbocycles. The van der Waals surface area contributed by atoms with E-state index in [9.17, 15) is 53.4 Å². The maximum atomic E-state index is 13.8. The van der Waals surface area contributed by atoms with Crippen LogP contribution in [0.15, 0.2) is 0 Å². The molecule has 0 rings (SSSR count). The highest BCUT2D eigenvalue weighted by molar-refractivity contribution is 5.98. The Kier molecular flexibility index (Phi) is 22.5. The van der Waals surface area contributed by atoms with Gasteiger partial charge < -0.3 is 53.0 Å². The van der Waals surface area contributed by atoms with Crippen molar-refractivity contribution >= 4 is 53.4 Å². The highest BCUT2D eigenvalue weighted by atomic mass is 16.4. The van der Waals surface area contributed by atoms with Crippen LogP contribution in [-0.2, 0) is 43.2 Å². The molecule has 56 heavy (non-hydrogen) atoms. The molecular weight excluding hydrogens is 734 g/mol. The molecule has 0 aliphatic carbocycles. The number of hydrogen-bond donors (Lipinski definition) is 10. The predicted octanol–water partition coefficient (Wildman–Crippen LogP) is 0.0969. The lowest BCUT2D eigenvalue weighted by Gasteiger charge is -2.29. The number of aliphatic carboxylic acids is 3. The fourth-order valence-electron chi connectivity index (χ4n) is 5.54. The molecule has 19 heteroatoms. The Balaban J connectivity index is 6.30. The molecule has 7 atom stereocenters. The number of nitrogens with one attached hydrogen (secondary N) is 6. The van der Waals surface area contributed by atoms with Crippen molar-refractivity contribution in [1.82, 2.24) is 31.9 Å². The topological polar surface area (TPSA) is 313 Å². The molecule has 0 aromatic rings. The zero-order valence-corrected chi connectivity index (χ0v) is 34.3. The molecule has 19 nitrogen and oxygen atoms in total. The Labute approximate surface area is 328 Å². The lowest BCUT2D eigenvalue weighted by atomic mass is 9.98. The van der Waals surface area contributed by atoms with Gasteiger partial charge in [-0.2, -0.15) is 0 Å². The molecule has 0 fully saturated rings. The van der Waals surface area contributed by atoms with Gasteiger partial charge in [-0.05, 0) is 55.3 Å². The highest BCUT2D eigenvalue weighted by Gasteiger charge is 2.36. The first-order valence-electron chi connectivity index (χ1n) is 19.0. The van der Waals surface area contributed by atoms with Crippen molar-refractivity contribution < 1.29 is 58.5 Å². The minimum absolute atomic E-state index is 0.0321. The van der Waals surface area contributed by atoms with Crippen LogP contribution in [0.5, 0.6) is 0 Å². The summed E-state index contributed by atoms with van der Waals surface area (Å²) in [5.41, 5.74) is 5.82. The first-order chi connectivity index (χ1) is 25.8. The smallest absolute Gasteiger partial charge is 0.326 e. The van der Waals surface area contributed by atoms with Crippen molar-refractivity contribution in [2.45, 2.75) is 150 Å². The Morgan fingerprint density at radius 1 is 0.446 bits per heavy atom. The number of rotatable bonds is 26. The van der Waals surface area contributed by atoms with Crippen LogP contribution in [0.1, 0.15) is 108 Å². The third-order valence-electron chi connectivity index (χ3n) is 8.52. The summed E-state index contributed by atoms with van der Waals surface area (Å²) < 4.78 is 0. The minimum Gasteiger partial charge on any atom is -0.481 e. The van der Waals surface area contributed by atoms with E-state index in [2.05, 4.69) is 31.9 Å². The van der Waals surface area contributed by atoms with Crippen LogP contribution in [0.4, 0.5) is 0 Å². The monoisotopic (exact) mass is 799 g/mol. The SMILES string of the molecule is CC(C)C[C@H](NC(=O)[C@H](CC(C)C)NC(=O)[C@@H](NC(=O)[C@@H](N)CCC(=O)O)C(C)C)C(=O)N[C@@H](CC(=O)O)C(=O)N[C@@H](CC(C)C)C(=O)N[C@H](C(=O)O)C(C)C. The van der Waals surface area contributed by atoms with Gasteiger partial charge in [-0.1, -0.05) is 69.2 Å². The number of nitrogens with two attached hydrogens (primary N) is 1. The number of carboxylic acid groups (broad SMARTS) is 3. The van der Waals surface area contributed by atoms with Crippen LogP contribution < -0.4 is 37.6 Å². The summed E-state index contributed by atoms with van der Waals surface area (Å²) in [6, 6.07) is -9.14. The Bertz CT molecular complexity index is 1380. The first-order valence-corrected chi connectivity index (χ1v) is 19.0. The Morgan fingerprint density at radius 3 is 1.12 bits per heavy atom. The molecule has 6 amide bonds. The molecule has 320 valence electrons. The van der Waals surface area contributed by atoms with Crippen LogP contribution in [0.25, 0.3) is 0 Å². The van der Waals surface area contributed by atoms with Crippen molar-refractivity contribution in [3.05, 3.63) is 0 Å². The van der Waals surface area contributed by atoms with Gasteiger partial charge in [0.15, 0.2) is 0 Å². The quantitative estimate of drug-likeness (QED) is 0.0556. The van der Waals surface area contributed by atoms with E-state index in [1.165, 1.54) is 0 Å². The molecule has 0 aliphatic heterocycles. The second kappa shape index (κ2) is 24.7. The van der Waals surface area contributed by atoms with E-state index >= 15 is 0 Å². The predicted molar refractivity (Wildman–Crippen MR) is 204 cm³/mol. The van der Waals surface area contributed by atoms with E-state index in [-0.39, 0.29) is 49.9 Å². The molecule has 0 bridgehead atoms. The minimum atomic E-state index is -1.71. The Morgan fingerprint density at radius 2 is 0.786 bits per heavy atom. The summed E-state index contributed by atoms with van der Waals surface area (Å²) in [7, 11) is 0. The number of hydrogen-bond acceptors (Lipinski definition) is 10. The van der Waals surface area contributed by atoms with Crippen LogP contribution in [-0.4, -0.2) is 111 Å².